The Kier molecular flexibility index (Phi) is 3.72. The summed E-state index contributed by atoms with van der Waals surface area (Å²) in [6.07, 6.45) is 0.552. The van der Waals surface area contributed by atoms with Gasteiger partial charge in [-0.15, -0.1) is 0 Å². The first-order valence-electron chi connectivity index (χ1n) is 9.85. The molecule has 7 unspecified atom stereocenters. The Morgan fingerprint density at radius 1 is 1.00 bits per heavy atom. The Morgan fingerprint density at radius 2 is 1.67 bits per heavy atom. The second-order valence-electron chi connectivity index (χ2n) is 8.70. The van der Waals surface area contributed by atoms with Gasteiger partial charge in [0, 0.05) is 12.3 Å². The third-order valence-electron chi connectivity index (χ3n) is 7.79. The second-order valence-corrected chi connectivity index (χ2v) is 8.70. The van der Waals surface area contributed by atoms with Crippen LogP contribution in [-0.2, 0) is 30.5 Å². The molecule has 9 atom stereocenters. The third-order valence-corrected chi connectivity index (χ3v) is 7.79. The van der Waals surface area contributed by atoms with Crippen LogP contribution in [0.1, 0.15) is 18.9 Å². The lowest BCUT2D eigenvalue weighted by molar-refractivity contribution is -0.183. The summed E-state index contributed by atoms with van der Waals surface area (Å²) in [6, 6.07) is 9.56. The number of ketones is 1. The summed E-state index contributed by atoms with van der Waals surface area (Å²) in [5, 5.41) is 0. The smallest absolute Gasteiger partial charge is 0.310 e. The van der Waals surface area contributed by atoms with Crippen molar-refractivity contribution in [3.8, 4) is 0 Å². The molecule has 5 fully saturated rings. The summed E-state index contributed by atoms with van der Waals surface area (Å²) < 4.78 is 10.7. The molecule has 5 aliphatic carbocycles. The predicted octanol–water partition coefficient (Wildman–Crippen LogP) is 2.48. The van der Waals surface area contributed by atoms with E-state index in [9.17, 15) is 14.4 Å². The second kappa shape index (κ2) is 5.91. The topological polar surface area (TPSA) is 69.7 Å². The maximum atomic E-state index is 13.1. The van der Waals surface area contributed by atoms with Gasteiger partial charge in [0.15, 0.2) is 0 Å². The highest BCUT2D eigenvalue weighted by Crippen LogP contribution is 2.76. The average molecular weight is 368 g/mol. The van der Waals surface area contributed by atoms with E-state index < -0.39 is 11.8 Å². The molecule has 0 amide bonds. The van der Waals surface area contributed by atoms with E-state index in [0.717, 1.165) is 5.56 Å². The number of methoxy groups -OCH3 is 1. The molecule has 0 saturated heterocycles. The number of Topliss-reactive ketones (excluding diaryl/α,β-unsaturated/α-hetero) is 1. The molecule has 1 aromatic rings. The molecular weight excluding hydrogens is 344 g/mol. The van der Waals surface area contributed by atoms with Crippen molar-refractivity contribution in [1.29, 1.82) is 0 Å². The molecule has 1 aromatic carbocycles. The van der Waals surface area contributed by atoms with Crippen molar-refractivity contribution >= 4 is 17.7 Å². The molecule has 0 heterocycles. The normalized spacial score (nSPS) is 43.2. The van der Waals surface area contributed by atoms with Crippen LogP contribution in [0.15, 0.2) is 30.3 Å². The Balaban J connectivity index is 1.44. The lowest BCUT2D eigenvalue weighted by atomic mass is 9.49. The number of hydrogen-bond donors (Lipinski definition) is 0. The number of fused-ring (bicyclic) bond motifs is 1. The number of benzene rings is 1. The SMILES string of the molecule is COC(=O)[C@@H]1C2C(C)C3CC(=O)C4C2C4C3[C@@H]1C(=O)OCc1ccccc1. The molecule has 0 aliphatic heterocycles. The van der Waals surface area contributed by atoms with Crippen LogP contribution < -0.4 is 0 Å². The number of ether oxygens (including phenoxy) is 2. The summed E-state index contributed by atoms with van der Waals surface area (Å²) in [4.78, 5) is 38.2. The molecule has 0 spiro atoms. The molecule has 5 heteroatoms. The zero-order valence-electron chi connectivity index (χ0n) is 15.5. The Bertz CT molecular complexity index is 802. The maximum Gasteiger partial charge on any atom is 0.310 e. The first-order valence-corrected chi connectivity index (χ1v) is 9.85. The summed E-state index contributed by atoms with van der Waals surface area (Å²) >= 11 is 0. The summed E-state index contributed by atoms with van der Waals surface area (Å²) in [5.74, 6) is -0.0664. The number of rotatable bonds is 4. The minimum atomic E-state index is -0.480. The fourth-order valence-electron chi connectivity index (χ4n) is 6.86. The molecular formula is C22H24O5. The molecule has 5 nitrogen and oxygen atoms in total. The van der Waals surface area contributed by atoms with Crippen LogP contribution in [0.2, 0.25) is 0 Å². The van der Waals surface area contributed by atoms with Crippen molar-refractivity contribution < 1.29 is 23.9 Å². The first-order chi connectivity index (χ1) is 13.0. The van der Waals surface area contributed by atoms with E-state index in [-0.39, 0.29) is 60.0 Å². The van der Waals surface area contributed by atoms with Gasteiger partial charge in [-0.2, -0.15) is 0 Å². The highest BCUT2D eigenvalue weighted by atomic mass is 16.5. The van der Waals surface area contributed by atoms with Crippen LogP contribution in [0.4, 0.5) is 0 Å². The number of hydrogen-bond acceptors (Lipinski definition) is 5. The number of carbonyl (C=O) groups is 3. The molecule has 0 N–H and O–H groups in total. The van der Waals surface area contributed by atoms with Gasteiger partial charge in [-0.25, -0.2) is 0 Å². The third kappa shape index (κ3) is 2.26. The van der Waals surface area contributed by atoms with Gasteiger partial charge in [0.2, 0.25) is 0 Å². The van der Waals surface area contributed by atoms with E-state index in [1.807, 2.05) is 30.3 Å². The molecule has 6 rings (SSSR count). The van der Waals surface area contributed by atoms with Crippen LogP contribution in [0.3, 0.4) is 0 Å². The minimum Gasteiger partial charge on any atom is -0.469 e. The molecule has 5 aliphatic rings. The van der Waals surface area contributed by atoms with Gasteiger partial charge >= 0.3 is 11.9 Å². The van der Waals surface area contributed by atoms with E-state index >= 15 is 0 Å². The predicted molar refractivity (Wildman–Crippen MR) is 95.0 cm³/mol. The number of esters is 2. The Hall–Kier alpha value is -2.17. The van der Waals surface area contributed by atoms with Crippen LogP contribution in [0.5, 0.6) is 0 Å². The zero-order valence-corrected chi connectivity index (χ0v) is 15.5. The van der Waals surface area contributed by atoms with Crippen molar-refractivity contribution in [3.05, 3.63) is 35.9 Å². The van der Waals surface area contributed by atoms with Crippen LogP contribution >= 0.6 is 0 Å². The van der Waals surface area contributed by atoms with Crippen molar-refractivity contribution in [2.75, 3.05) is 7.11 Å². The van der Waals surface area contributed by atoms with Crippen molar-refractivity contribution in [2.45, 2.75) is 20.0 Å². The van der Waals surface area contributed by atoms with E-state index in [1.165, 1.54) is 7.11 Å². The van der Waals surface area contributed by atoms with Gasteiger partial charge in [0.25, 0.3) is 0 Å². The van der Waals surface area contributed by atoms with Crippen molar-refractivity contribution in [3.63, 3.8) is 0 Å². The van der Waals surface area contributed by atoms with Gasteiger partial charge in [0.1, 0.15) is 12.4 Å². The average Bonchev–Trinajstić information content (AvgIpc) is 3.45. The highest BCUT2D eigenvalue weighted by molar-refractivity contribution is 5.90. The van der Waals surface area contributed by atoms with Gasteiger partial charge < -0.3 is 9.47 Å². The van der Waals surface area contributed by atoms with E-state index in [2.05, 4.69) is 6.92 Å². The van der Waals surface area contributed by atoms with Gasteiger partial charge in [0.05, 0.1) is 18.9 Å². The minimum absolute atomic E-state index is 0.0558. The molecule has 0 aromatic heterocycles. The van der Waals surface area contributed by atoms with Gasteiger partial charge in [-0.05, 0) is 41.1 Å². The fourth-order valence-corrected chi connectivity index (χ4v) is 6.86. The van der Waals surface area contributed by atoms with Gasteiger partial charge in [-0.1, -0.05) is 37.3 Å². The monoisotopic (exact) mass is 368 g/mol. The summed E-state index contributed by atoms with van der Waals surface area (Å²) in [6.45, 7) is 2.35. The molecule has 27 heavy (non-hydrogen) atoms. The zero-order chi connectivity index (χ0) is 18.9. The highest BCUT2D eigenvalue weighted by Gasteiger charge is 2.78. The Labute approximate surface area is 158 Å². The van der Waals surface area contributed by atoms with E-state index in [0.29, 0.717) is 12.2 Å². The van der Waals surface area contributed by atoms with Crippen molar-refractivity contribution in [1.82, 2.24) is 0 Å². The number of carbonyl (C=O) groups excluding carboxylic acids is 3. The van der Waals surface area contributed by atoms with Crippen molar-refractivity contribution in [2.24, 2.45) is 53.3 Å². The fraction of sp³-hybridized carbons (Fsp3) is 0.591. The van der Waals surface area contributed by atoms with E-state index in [4.69, 9.17) is 9.47 Å². The quantitative estimate of drug-likeness (QED) is 0.764. The standard InChI is InChI=1S/C22H24O5/c1-10-12-8-13(23)16-17-14(10)19(21(24)26-2)20(15(12)18(16)17)22(25)27-9-11-6-4-3-5-7-11/h3-7,10,12,14-20H,8-9H2,1-2H3/t10?,12?,14?,15?,16?,17?,18?,19-,20+/m1/s1. The molecule has 0 radical (unpaired) electrons. The summed E-state index contributed by atoms with van der Waals surface area (Å²) in [7, 11) is 1.38. The molecule has 4 bridgehead atoms. The summed E-state index contributed by atoms with van der Waals surface area (Å²) in [5.41, 5.74) is 0.927. The van der Waals surface area contributed by atoms with Gasteiger partial charge in [-0.3, -0.25) is 14.4 Å². The van der Waals surface area contributed by atoms with Crippen LogP contribution in [0, 0.1) is 53.3 Å². The lowest BCUT2D eigenvalue weighted by Crippen LogP contribution is -2.57. The van der Waals surface area contributed by atoms with Crippen LogP contribution in [0.25, 0.3) is 0 Å². The Morgan fingerprint density at radius 3 is 2.37 bits per heavy atom. The van der Waals surface area contributed by atoms with Crippen LogP contribution in [-0.4, -0.2) is 24.8 Å². The maximum absolute atomic E-state index is 13.1. The first kappa shape index (κ1) is 17.0. The molecule has 5 saturated carbocycles. The lowest BCUT2D eigenvalue weighted by Gasteiger charge is -2.53. The molecule has 142 valence electrons. The largest absolute Gasteiger partial charge is 0.469 e. The van der Waals surface area contributed by atoms with E-state index in [1.54, 1.807) is 0 Å².